The van der Waals surface area contributed by atoms with Crippen LogP contribution in [0.15, 0.2) is 12.2 Å². The van der Waals surface area contributed by atoms with Crippen molar-refractivity contribution in [3.8, 4) is 0 Å². The van der Waals surface area contributed by atoms with E-state index in [0.717, 1.165) is 32.1 Å². The van der Waals surface area contributed by atoms with Crippen molar-refractivity contribution >= 4 is 5.97 Å². The van der Waals surface area contributed by atoms with Crippen molar-refractivity contribution in [3.63, 3.8) is 0 Å². The number of allylic oxidation sites excluding steroid dienone is 1. The Balaban J connectivity index is 1.60. The molecule has 0 heterocycles. The van der Waals surface area contributed by atoms with Crippen molar-refractivity contribution < 1.29 is 15.0 Å². The van der Waals surface area contributed by atoms with Gasteiger partial charge in [-0.15, -0.1) is 0 Å². The maximum absolute atomic E-state index is 10.8. The highest BCUT2D eigenvalue weighted by Gasteiger charge is 2.46. The Bertz CT molecular complexity index is 431. The molecule has 0 aromatic heterocycles. The van der Waals surface area contributed by atoms with E-state index < -0.39 is 5.97 Å². The highest BCUT2D eigenvalue weighted by molar-refractivity contribution is 5.66. The second-order valence-corrected chi connectivity index (χ2v) is 8.77. The molecule has 1 unspecified atom stereocenters. The van der Waals surface area contributed by atoms with Gasteiger partial charge in [-0.3, -0.25) is 4.79 Å². The fraction of sp³-hybridized carbons (Fsp3) is 0.870. The lowest BCUT2D eigenvalue weighted by Crippen LogP contribution is -2.17. The first kappa shape index (κ1) is 21.5. The van der Waals surface area contributed by atoms with Gasteiger partial charge < -0.3 is 10.2 Å². The average molecular weight is 365 g/mol. The summed E-state index contributed by atoms with van der Waals surface area (Å²) in [5, 5.41) is 19.3. The van der Waals surface area contributed by atoms with E-state index >= 15 is 0 Å². The normalized spacial score (nSPS) is 30.9. The number of aliphatic hydroxyl groups is 1. The van der Waals surface area contributed by atoms with Crippen LogP contribution in [-0.4, -0.2) is 22.3 Å². The Hall–Kier alpha value is -0.830. The van der Waals surface area contributed by atoms with Gasteiger partial charge in [0.25, 0.3) is 0 Å². The first-order chi connectivity index (χ1) is 12.6. The summed E-state index contributed by atoms with van der Waals surface area (Å²) in [5.74, 6) is 1.38. The fourth-order valence-corrected chi connectivity index (χ4v) is 5.26. The van der Waals surface area contributed by atoms with Gasteiger partial charge in [0.15, 0.2) is 0 Å². The van der Waals surface area contributed by atoms with E-state index in [0.29, 0.717) is 30.1 Å². The fourth-order valence-electron chi connectivity index (χ4n) is 5.26. The number of aliphatic hydroxyl groups excluding tert-OH is 1. The molecule has 0 aliphatic heterocycles. The second kappa shape index (κ2) is 11.8. The zero-order chi connectivity index (χ0) is 18.8. The quantitative estimate of drug-likeness (QED) is 0.313. The van der Waals surface area contributed by atoms with E-state index in [1.807, 2.05) is 0 Å². The molecule has 5 atom stereocenters. The largest absolute Gasteiger partial charge is 0.481 e. The van der Waals surface area contributed by atoms with Gasteiger partial charge in [0.05, 0.1) is 6.10 Å². The molecule has 0 aromatic rings. The van der Waals surface area contributed by atoms with Gasteiger partial charge >= 0.3 is 5.97 Å². The van der Waals surface area contributed by atoms with Gasteiger partial charge in [-0.2, -0.15) is 0 Å². The molecular formula is C23H40O3. The van der Waals surface area contributed by atoms with Gasteiger partial charge in [0, 0.05) is 12.3 Å². The van der Waals surface area contributed by atoms with Crippen LogP contribution in [0.3, 0.4) is 0 Å². The van der Waals surface area contributed by atoms with Crippen LogP contribution in [0, 0.1) is 23.7 Å². The molecule has 26 heavy (non-hydrogen) atoms. The van der Waals surface area contributed by atoms with Gasteiger partial charge in [-0.05, 0) is 56.3 Å². The molecule has 150 valence electrons. The van der Waals surface area contributed by atoms with E-state index in [9.17, 15) is 9.90 Å². The highest BCUT2D eigenvalue weighted by atomic mass is 16.4. The van der Waals surface area contributed by atoms with Crippen LogP contribution in [0.1, 0.15) is 96.8 Å². The Kier molecular flexibility index (Phi) is 9.74. The molecule has 3 nitrogen and oxygen atoms in total. The number of hydrogen-bond acceptors (Lipinski definition) is 2. The number of fused-ring (bicyclic) bond motifs is 1. The van der Waals surface area contributed by atoms with Crippen LogP contribution >= 0.6 is 0 Å². The molecular weight excluding hydrogens is 324 g/mol. The van der Waals surface area contributed by atoms with E-state index in [2.05, 4.69) is 19.1 Å². The van der Waals surface area contributed by atoms with Crippen molar-refractivity contribution in [2.24, 2.45) is 23.7 Å². The van der Waals surface area contributed by atoms with Gasteiger partial charge in [0.1, 0.15) is 0 Å². The van der Waals surface area contributed by atoms with E-state index in [1.165, 1.54) is 51.4 Å². The van der Waals surface area contributed by atoms with Crippen molar-refractivity contribution in [2.45, 2.75) is 103 Å². The third kappa shape index (κ3) is 7.06. The lowest BCUT2D eigenvalue weighted by Gasteiger charge is -2.18. The van der Waals surface area contributed by atoms with Crippen molar-refractivity contribution in [3.05, 3.63) is 12.2 Å². The van der Waals surface area contributed by atoms with Crippen molar-refractivity contribution in [1.82, 2.24) is 0 Å². The molecule has 2 aliphatic rings. The standard InChI is InChI=1S/C23H40O3/c1-2-3-4-5-6-7-8-9-10-11-12-20-21-16-18(13-14-23(25)26)15-19(21)17-22(20)24/h11-12,18-22,24H,2-10,13-17H2,1H3,(H,25,26)/t18?,19-,20+,21-,22+/m0/s1. The number of rotatable bonds is 13. The first-order valence-electron chi connectivity index (χ1n) is 11.2. The minimum Gasteiger partial charge on any atom is -0.481 e. The Morgan fingerprint density at radius 3 is 2.38 bits per heavy atom. The predicted molar refractivity (Wildman–Crippen MR) is 107 cm³/mol. The molecule has 2 saturated carbocycles. The minimum absolute atomic E-state index is 0.180. The van der Waals surface area contributed by atoms with Crippen LogP contribution in [0.4, 0.5) is 0 Å². The molecule has 0 spiro atoms. The van der Waals surface area contributed by atoms with E-state index in [-0.39, 0.29) is 6.10 Å². The summed E-state index contributed by atoms with van der Waals surface area (Å²) >= 11 is 0. The van der Waals surface area contributed by atoms with Crippen LogP contribution in [0.5, 0.6) is 0 Å². The van der Waals surface area contributed by atoms with E-state index in [4.69, 9.17) is 5.11 Å². The zero-order valence-corrected chi connectivity index (χ0v) is 16.7. The second-order valence-electron chi connectivity index (χ2n) is 8.77. The maximum atomic E-state index is 10.8. The molecule has 2 rings (SSSR count). The summed E-state index contributed by atoms with van der Waals surface area (Å²) in [6.45, 7) is 2.26. The Labute approximate surface area is 160 Å². The topological polar surface area (TPSA) is 57.5 Å². The predicted octanol–water partition coefficient (Wildman–Crippen LogP) is 5.96. The molecule has 0 bridgehead atoms. The highest BCUT2D eigenvalue weighted by Crippen LogP contribution is 2.51. The number of carboxylic acids is 1. The molecule has 0 aromatic carbocycles. The Morgan fingerprint density at radius 1 is 1.00 bits per heavy atom. The summed E-state index contributed by atoms with van der Waals surface area (Å²) in [4.78, 5) is 10.8. The monoisotopic (exact) mass is 364 g/mol. The van der Waals surface area contributed by atoms with Crippen molar-refractivity contribution in [1.29, 1.82) is 0 Å². The molecule has 0 radical (unpaired) electrons. The molecule has 0 amide bonds. The number of hydrogen-bond donors (Lipinski definition) is 2. The summed E-state index contributed by atoms with van der Waals surface area (Å²) in [5.41, 5.74) is 0. The van der Waals surface area contributed by atoms with Crippen molar-refractivity contribution in [2.75, 3.05) is 0 Å². The minimum atomic E-state index is -0.677. The van der Waals surface area contributed by atoms with Crippen LogP contribution in [0.2, 0.25) is 0 Å². The maximum Gasteiger partial charge on any atom is 0.303 e. The molecule has 0 saturated heterocycles. The number of unbranched alkanes of at least 4 members (excludes halogenated alkanes) is 8. The first-order valence-corrected chi connectivity index (χ1v) is 11.2. The number of aliphatic carboxylic acids is 1. The molecule has 3 heteroatoms. The lowest BCUT2D eigenvalue weighted by molar-refractivity contribution is -0.137. The Morgan fingerprint density at radius 2 is 1.69 bits per heavy atom. The van der Waals surface area contributed by atoms with Gasteiger partial charge in [-0.25, -0.2) is 0 Å². The van der Waals surface area contributed by atoms with E-state index in [1.54, 1.807) is 0 Å². The number of carbonyl (C=O) groups is 1. The van der Waals surface area contributed by atoms with Crippen LogP contribution in [0.25, 0.3) is 0 Å². The SMILES string of the molecule is CCCCCCCCCCC=C[C@@H]1[C@H]2CC(CCC(=O)O)C[C@H]2C[C@H]1O. The third-order valence-electron chi connectivity index (χ3n) is 6.68. The van der Waals surface area contributed by atoms with Gasteiger partial charge in [0.2, 0.25) is 0 Å². The summed E-state index contributed by atoms with van der Waals surface area (Å²) in [7, 11) is 0. The molecule has 2 fully saturated rings. The molecule has 2 aliphatic carbocycles. The third-order valence-corrected chi connectivity index (χ3v) is 6.68. The van der Waals surface area contributed by atoms with Crippen LogP contribution < -0.4 is 0 Å². The smallest absolute Gasteiger partial charge is 0.303 e. The number of carboxylic acid groups (broad SMARTS) is 1. The van der Waals surface area contributed by atoms with Crippen LogP contribution in [-0.2, 0) is 4.79 Å². The average Bonchev–Trinajstić information content (AvgIpc) is 3.12. The summed E-state index contributed by atoms with van der Waals surface area (Å²) in [6, 6.07) is 0. The molecule has 2 N–H and O–H groups in total. The summed E-state index contributed by atoms with van der Waals surface area (Å²) < 4.78 is 0. The van der Waals surface area contributed by atoms with Gasteiger partial charge in [-0.1, -0.05) is 64.0 Å². The zero-order valence-electron chi connectivity index (χ0n) is 16.7. The summed E-state index contributed by atoms with van der Waals surface area (Å²) in [6.07, 6.45) is 20.6. The lowest BCUT2D eigenvalue weighted by atomic mass is 9.89.